The number of aliphatic hydroxyl groups excluding tert-OH is 1. The number of nitrogens with one attached hydrogen (secondary N) is 1. The van der Waals surface area contributed by atoms with Crippen molar-refractivity contribution in [2.45, 2.75) is 39.7 Å². The average molecular weight is 309 g/mol. The van der Waals surface area contributed by atoms with Crippen molar-refractivity contribution in [2.24, 2.45) is 0 Å². The lowest BCUT2D eigenvalue weighted by Gasteiger charge is -2.10. The van der Waals surface area contributed by atoms with Gasteiger partial charge in [0.1, 0.15) is 5.56 Å². The standard InChI is InChI=1S/C14H19N3O3S/c1-4-5-10(18)6-15-12(19)11-7-16-14-17(13(11)20)8(2)9(3)21-14/h7,10,18H,4-6H2,1-3H3,(H,15,19). The van der Waals surface area contributed by atoms with Crippen LogP contribution < -0.4 is 10.9 Å². The quantitative estimate of drug-likeness (QED) is 0.871. The molecule has 2 aromatic heterocycles. The summed E-state index contributed by atoms with van der Waals surface area (Å²) in [5.74, 6) is -0.500. The van der Waals surface area contributed by atoms with Crippen LogP contribution in [0, 0.1) is 13.8 Å². The van der Waals surface area contributed by atoms with E-state index in [1.807, 2.05) is 20.8 Å². The Balaban J connectivity index is 2.26. The molecule has 0 spiro atoms. The number of thiazole rings is 1. The van der Waals surface area contributed by atoms with E-state index in [1.54, 1.807) is 0 Å². The van der Waals surface area contributed by atoms with Gasteiger partial charge in [-0.25, -0.2) is 4.98 Å². The minimum atomic E-state index is -0.594. The molecule has 0 saturated carbocycles. The molecule has 0 bridgehead atoms. The minimum Gasteiger partial charge on any atom is -0.391 e. The van der Waals surface area contributed by atoms with Crippen LogP contribution in [0.4, 0.5) is 0 Å². The second kappa shape index (κ2) is 6.36. The number of aliphatic hydroxyl groups is 1. The van der Waals surface area contributed by atoms with Crippen molar-refractivity contribution in [2.75, 3.05) is 6.54 Å². The van der Waals surface area contributed by atoms with E-state index in [9.17, 15) is 14.7 Å². The molecular formula is C14H19N3O3S. The Bertz CT molecular complexity index is 720. The van der Waals surface area contributed by atoms with Gasteiger partial charge in [0.15, 0.2) is 4.96 Å². The summed E-state index contributed by atoms with van der Waals surface area (Å²) in [5, 5.41) is 12.2. The van der Waals surface area contributed by atoms with Crippen molar-refractivity contribution in [1.82, 2.24) is 14.7 Å². The molecule has 2 N–H and O–H groups in total. The largest absolute Gasteiger partial charge is 0.391 e. The van der Waals surface area contributed by atoms with E-state index in [0.717, 1.165) is 17.0 Å². The molecule has 0 aromatic carbocycles. The molecule has 0 fully saturated rings. The molecule has 1 unspecified atom stereocenters. The van der Waals surface area contributed by atoms with E-state index < -0.39 is 12.0 Å². The fourth-order valence-electron chi connectivity index (χ4n) is 2.07. The first-order chi connectivity index (χ1) is 9.95. The number of rotatable bonds is 5. The molecule has 2 heterocycles. The normalized spacial score (nSPS) is 12.6. The first-order valence-corrected chi connectivity index (χ1v) is 7.71. The van der Waals surface area contributed by atoms with Crippen molar-refractivity contribution in [3.8, 4) is 0 Å². The number of hydrogen-bond donors (Lipinski definition) is 2. The molecule has 6 nitrogen and oxygen atoms in total. The van der Waals surface area contributed by atoms with Gasteiger partial charge in [0.25, 0.3) is 11.5 Å². The predicted octanol–water partition coefficient (Wildman–Crippen LogP) is 1.26. The van der Waals surface area contributed by atoms with Gasteiger partial charge in [0.2, 0.25) is 0 Å². The van der Waals surface area contributed by atoms with E-state index >= 15 is 0 Å². The van der Waals surface area contributed by atoms with Crippen LogP contribution in [0.2, 0.25) is 0 Å². The van der Waals surface area contributed by atoms with Gasteiger partial charge in [-0.05, 0) is 20.3 Å². The zero-order chi connectivity index (χ0) is 15.6. The van der Waals surface area contributed by atoms with Gasteiger partial charge >= 0.3 is 0 Å². The monoisotopic (exact) mass is 309 g/mol. The van der Waals surface area contributed by atoms with Crippen LogP contribution in [0.15, 0.2) is 11.0 Å². The second-order valence-corrected chi connectivity index (χ2v) is 6.17. The van der Waals surface area contributed by atoms with Crippen LogP contribution in [0.1, 0.15) is 40.7 Å². The summed E-state index contributed by atoms with van der Waals surface area (Å²) in [5.41, 5.74) is 0.426. The van der Waals surface area contributed by atoms with Gasteiger partial charge in [0, 0.05) is 23.3 Å². The van der Waals surface area contributed by atoms with Crippen molar-refractivity contribution >= 4 is 22.2 Å². The Kier molecular flexibility index (Phi) is 4.74. The average Bonchev–Trinajstić information content (AvgIpc) is 2.73. The van der Waals surface area contributed by atoms with Gasteiger partial charge in [-0.2, -0.15) is 0 Å². The Labute approximate surface area is 126 Å². The minimum absolute atomic E-state index is 0.00269. The highest BCUT2D eigenvalue weighted by molar-refractivity contribution is 7.17. The van der Waals surface area contributed by atoms with Crippen LogP contribution in [0.5, 0.6) is 0 Å². The van der Waals surface area contributed by atoms with Crippen molar-refractivity contribution in [3.05, 3.63) is 32.7 Å². The summed E-state index contributed by atoms with van der Waals surface area (Å²) in [4.78, 5) is 30.2. The fraction of sp³-hybridized carbons (Fsp3) is 0.500. The van der Waals surface area contributed by atoms with Crippen LogP contribution in [-0.4, -0.2) is 33.0 Å². The zero-order valence-corrected chi connectivity index (χ0v) is 13.2. The lowest BCUT2D eigenvalue weighted by molar-refractivity contribution is 0.0908. The number of amides is 1. The lowest BCUT2D eigenvalue weighted by atomic mass is 10.2. The third-order valence-electron chi connectivity index (χ3n) is 3.38. The number of aromatic nitrogens is 2. The number of carbonyl (C=O) groups is 1. The van der Waals surface area contributed by atoms with Gasteiger partial charge in [-0.1, -0.05) is 13.3 Å². The number of aryl methyl sites for hydroxylation is 2. The van der Waals surface area contributed by atoms with Crippen molar-refractivity contribution in [1.29, 1.82) is 0 Å². The predicted molar refractivity (Wildman–Crippen MR) is 82.1 cm³/mol. The molecule has 0 aliphatic heterocycles. The molecule has 1 atom stereocenters. The molecule has 0 aliphatic rings. The first-order valence-electron chi connectivity index (χ1n) is 6.89. The number of fused-ring (bicyclic) bond motifs is 1. The molecule has 2 aromatic rings. The Morgan fingerprint density at radius 2 is 2.24 bits per heavy atom. The number of hydrogen-bond acceptors (Lipinski definition) is 5. The van der Waals surface area contributed by atoms with Gasteiger partial charge < -0.3 is 10.4 Å². The molecule has 114 valence electrons. The van der Waals surface area contributed by atoms with E-state index in [4.69, 9.17) is 0 Å². The Morgan fingerprint density at radius 3 is 2.90 bits per heavy atom. The summed E-state index contributed by atoms with van der Waals surface area (Å²) in [6, 6.07) is 0. The molecule has 7 heteroatoms. The van der Waals surface area contributed by atoms with Crippen LogP contribution in [0.3, 0.4) is 0 Å². The van der Waals surface area contributed by atoms with Crippen LogP contribution in [0.25, 0.3) is 4.96 Å². The number of carbonyl (C=O) groups excluding carboxylic acids is 1. The Hall–Kier alpha value is -1.73. The molecular weight excluding hydrogens is 290 g/mol. The summed E-state index contributed by atoms with van der Waals surface area (Å²) in [6.07, 6.45) is 2.15. The summed E-state index contributed by atoms with van der Waals surface area (Å²) < 4.78 is 1.46. The highest BCUT2D eigenvalue weighted by Gasteiger charge is 2.17. The fourth-order valence-corrected chi connectivity index (χ4v) is 3.00. The molecule has 0 saturated heterocycles. The lowest BCUT2D eigenvalue weighted by Crippen LogP contribution is -2.36. The van der Waals surface area contributed by atoms with Crippen LogP contribution >= 0.6 is 11.3 Å². The Morgan fingerprint density at radius 1 is 1.52 bits per heavy atom. The molecule has 2 rings (SSSR count). The highest BCUT2D eigenvalue weighted by Crippen LogP contribution is 2.18. The SMILES string of the molecule is CCCC(O)CNC(=O)c1cnc2sc(C)c(C)n2c1=O. The van der Waals surface area contributed by atoms with Crippen molar-refractivity contribution in [3.63, 3.8) is 0 Å². The van der Waals surface area contributed by atoms with E-state index in [-0.39, 0.29) is 17.7 Å². The maximum Gasteiger partial charge on any atom is 0.271 e. The maximum absolute atomic E-state index is 12.4. The molecule has 0 aliphatic carbocycles. The third kappa shape index (κ3) is 3.14. The highest BCUT2D eigenvalue weighted by atomic mass is 32.1. The molecule has 1 amide bonds. The van der Waals surface area contributed by atoms with Crippen LogP contribution in [-0.2, 0) is 0 Å². The maximum atomic E-state index is 12.4. The van der Waals surface area contributed by atoms with Gasteiger partial charge in [0.05, 0.1) is 6.10 Å². The number of nitrogens with zero attached hydrogens (tertiary/aromatic N) is 2. The first kappa shape index (κ1) is 15.7. The van der Waals surface area contributed by atoms with Crippen molar-refractivity contribution < 1.29 is 9.90 Å². The second-order valence-electron chi connectivity index (χ2n) is 4.99. The summed E-state index contributed by atoms with van der Waals surface area (Å²) in [7, 11) is 0. The van der Waals surface area contributed by atoms with E-state index in [2.05, 4.69) is 10.3 Å². The zero-order valence-electron chi connectivity index (χ0n) is 12.3. The van der Waals surface area contributed by atoms with E-state index in [0.29, 0.717) is 11.4 Å². The molecule has 21 heavy (non-hydrogen) atoms. The molecule has 0 radical (unpaired) electrons. The topological polar surface area (TPSA) is 83.7 Å². The summed E-state index contributed by atoms with van der Waals surface area (Å²) >= 11 is 1.42. The third-order valence-corrected chi connectivity index (χ3v) is 4.46. The van der Waals surface area contributed by atoms with Gasteiger partial charge in [-0.3, -0.25) is 14.0 Å². The van der Waals surface area contributed by atoms with Gasteiger partial charge in [-0.15, -0.1) is 11.3 Å². The van der Waals surface area contributed by atoms with E-state index in [1.165, 1.54) is 21.9 Å². The summed E-state index contributed by atoms with van der Waals surface area (Å²) in [6.45, 7) is 5.83. The smallest absolute Gasteiger partial charge is 0.271 e.